The maximum Gasteiger partial charge on any atom is 0.242 e. The molecule has 4 nitrogen and oxygen atoms in total. The second-order valence-electron chi connectivity index (χ2n) is 6.40. The summed E-state index contributed by atoms with van der Waals surface area (Å²) in [6.45, 7) is 0. The van der Waals surface area contributed by atoms with Gasteiger partial charge in [0.05, 0.1) is 17.1 Å². The number of piperidine rings is 1. The van der Waals surface area contributed by atoms with Crippen LogP contribution in [-0.2, 0) is 4.79 Å². The average molecular weight is 323 g/mol. The fourth-order valence-electron chi connectivity index (χ4n) is 4.12. The highest BCUT2D eigenvalue weighted by molar-refractivity contribution is 7.80. The lowest BCUT2D eigenvalue weighted by molar-refractivity contribution is -0.128. The Morgan fingerprint density at radius 3 is 2.26 bits per heavy atom. The van der Waals surface area contributed by atoms with E-state index in [1.54, 1.807) is 0 Å². The maximum absolute atomic E-state index is 12.2. The van der Waals surface area contributed by atoms with Gasteiger partial charge in [-0.1, -0.05) is 42.5 Å². The van der Waals surface area contributed by atoms with Crippen LogP contribution < -0.4 is 5.32 Å². The van der Waals surface area contributed by atoms with E-state index in [4.69, 9.17) is 12.2 Å². The van der Waals surface area contributed by atoms with Crippen LogP contribution in [0.4, 0.5) is 0 Å². The third-order valence-corrected chi connectivity index (χ3v) is 5.70. The summed E-state index contributed by atoms with van der Waals surface area (Å²) in [4.78, 5) is 12.5. The number of thiocarbonyl (C=S) groups is 1. The highest BCUT2D eigenvalue weighted by Gasteiger charge is 2.55. The first-order chi connectivity index (χ1) is 11.1. The standard InChI is InChI=1S/C18H17N3OS/c19-10-14-16(22)21-17(23)15(11-20)18(14)8-6-13(7-9-18)12-4-2-1-3-5-12/h1-5,13-15H,6-9H2,(H,21,22,23)/t13?,14-,15+,18?/m0/s1. The van der Waals surface area contributed by atoms with Crippen molar-refractivity contribution < 1.29 is 4.79 Å². The summed E-state index contributed by atoms with van der Waals surface area (Å²) in [6, 6.07) is 14.7. The molecule has 2 fully saturated rings. The first kappa shape index (κ1) is 15.6. The highest BCUT2D eigenvalue weighted by atomic mass is 32.1. The van der Waals surface area contributed by atoms with E-state index < -0.39 is 17.3 Å². The molecule has 116 valence electrons. The van der Waals surface area contributed by atoms with E-state index in [1.807, 2.05) is 18.2 Å². The molecule has 2 atom stereocenters. The molecule has 3 rings (SSSR count). The van der Waals surface area contributed by atoms with Crippen molar-refractivity contribution in [1.82, 2.24) is 5.32 Å². The van der Waals surface area contributed by atoms with Gasteiger partial charge in [0.25, 0.3) is 0 Å². The van der Waals surface area contributed by atoms with Gasteiger partial charge in [0.15, 0.2) is 0 Å². The van der Waals surface area contributed by atoms with E-state index in [9.17, 15) is 15.3 Å². The van der Waals surface area contributed by atoms with Crippen molar-refractivity contribution in [3.63, 3.8) is 0 Å². The average Bonchev–Trinajstić information content (AvgIpc) is 2.57. The SMILES string of the molecule is N#C[C@@H]1C(=S)NC(=O)[C@H](C#N)C12CCC(c1ccccc1)CC2. The van der Waals surface area contributed by atoms with E-state index in [2.05, 4.69) is 29.6 Å². The topological polar surface area (TPSA) is 76.7 Å². The van der Waals surface area contributed by atoms with Gasteiger partial charge < -0.3 is 5.32 Å². The number of carbonyl (C=O) groups is 1. The van der Waals surface area contributed by atoms with E-state index in [-0.39, 0.29) is 10.9 Å². The van der Waals surface area contributed by atoms with Gasteiger partial charge in [0, 0.05) is 5.41 Å². The van der Waals surface area contributed by atoms with Gasteiger partial charge in [0.2, 0.25) is 5.91 Å². The summed E-state index contributed by atoms with van der Waals surface area (Å²) in [7, 11) is 0. The van der Waals surface area contributed by atoms with Crippen molar-refractivity contribution in [3.05, 3.63) is 35.9 Å². The molecular weight excluding hydrogens is 306 g/mol. The normalized spacial score (nSPS) is 33.6. The van der Waals surface area contributed by atoms with Crippen LogP contribution in [-0.4, -0.2) is 10.9 Å². The maximum atomic E-state index is 12.2. The highest BCUT2D eigenvalue weighted by Crippen LogP contribution is 2.53. The van der Waals surface area contributed by atoms with Crippen LogP contribution in [0.1, 0.15) is 37.2 Å². The van der Waals surface area contributed by atoms with Crippen LogP contribution in [0.15, 0.2) is 30.3 Å². The molecule has 0 unspecified atom stereocenters. The lowest BCUT2D eigenvalue weighted by Gasteiger charge is -2.47. The Labute approximate surface area is 141 Å². The summed E-state index contributed by atoms with van der Waals surface area (Å²) in [6.07, 6.45) is 3.10. The summed E-state index contributed by atoms with van der Waals surface area (Å²) in [5, 5.41) is 21.6. The monoisotopic (exact) mass is 323 g/mol. The molecule has 1 heterocycles. The Hall–Kier alpha value is -2.24. The van der Waals surface area contributed by atoms with E-state index >= 15 is 0 Å². The number of rotatable bonds is 1. The quantitative estimate of drug-likeness (QED) is 0.806. The lowest BCUT2D eigenvalue weighted by Crippen LogP contribution is -2.57. The van der Waals surface area contributed by atoms with Gasteiger partial charge in [-0.15, -0.1) is 0 Å². The fraction of sp³-hybridized carbons (Fsp3) is 0.444. The van der Waals surface area contributed by atoms with Gasteiger partial charge in [-0.2, -0.15) is 10.5 Å². The van der Waals surface area contributed by atoms with Gasteiger partial charge in [-0.05, 0) is 37.2 Å². The predicted octanol–water partition coefficient (Wildman–Crippen LogP) is 3.07. The molecule has 1 aliphatic carbocycles. The Morgan fingerprint density at radius 2 is 1.70 bits per heavy atom. The Kier molecular flexibility index (Phi) is 4.15. The van der Waals surface area contributed by atoms with Gasteiger partial charge in [-0.3, -0.25) is 4.79 Å². The van der Waals surface area contributed by atoms with Crippen molar-refractivity contribution in [2.75, 3.05) is 0 Å². The first-order valence-electron chi connectivity index (χ1n) is 7.81. The molecule has 1 aromatic rings. The van der Waals surface area contributed by atoms with Crippen LogP contribution in [0.5, 0.6) is 0 Å². The van der Waals surface area contributed by atoms with Crippen molar-refractivity contribution in [2.45, 2.75) is 31.6 Å². The minimum Gasteiger partial charge on any atom is -0.318 e. The second-order valence-corrected chi connectivity index (χ2v) is 6.84. The number of nitriles is 2. The van der Waals surface area contributed by atoms with Crippen LogP contribution in [0.25, 0.3) is 0 Å². The summed E-state index contributed by atoms with van der Waals surface area (Å²) in [5.74, 6) is -1.28. The fourth-order valence-corrected chi connectivity index (χ4v) is 4.51. The van der Waals surface area contributed by atoms with Crippen molar-refractivity contribution >= 4 is 23.1 Å². The first-order valence-corrected chi connectivity index (χ1v) is 8.22. The molecule has 23 heavy (non-hydrogen) atoms. The number of benzene rings is 1. The summed E-state index contributed by atoms with van der Waals surface area (Å²) >= 11 is 5.22. The Bertz CT molecular complexity index is 674. The Morgan fingerprint density at radius 1 is 1.09 bits per heavy atom. The third kappa shape index (κ3) is 2.52. The molecule has 5 heteroatoms. The number of hydrogen-bond acceptors (Lipinski definition) is 4. The Balaban J connectivity index is 1.89. The molecule has 1 aromatic carbocycles. The molecule has 1 aliphatic heterocycles. The number of amides is 1. The number of carbonyl (C=O) groups excluding carboxylic acids is 1. The zero-order valence-corrected chi connectivity index (χ0v) is 13.5. The second kappa shape index (κ2) is 6.10. The zero-order chi connectivity index (χ0) is 16.4. The number of nitrogens with zero attached hydrogens (tertiary/aromatic N) is 2. The minimum atomic E-state index is -0.796. The lowest BCUT2D eigenvalue weighted by atomic mass is 9.56. The third-order valence-electron chi connectivity index (χ3n) is 5.37. The summed E-state index contributed by atoms with van der Waals surface area (Å²) in [5.41, 5.74) is 0.654. The smallest absolute Gasteiger partial charge is 0.242 e. The van der Waals surface area contributed by atoms with Crippen LogP contribution in [0.2, 0.25) is 0 Å². The summed E-state index contributed by atoms with van der Waals surface area (Å²) < 4.78 is 0. The van der Waals surface area contributed by atoms with Crippen molar-refractivity contribution in [3.8, 4) is 12.1 Å². The molecule has 1 saturated heterocycles. The van der Waals surface area contributed by atoms with Gasteiger partial charge in [0.1, 0.15) is 11.8 Å². The van der Waals surface area contributed by atoms with E-state index in [0.29, 0.717) is 18.8 Å². The number of nitrogens with one attached hydrogen (secondary N) is 1. The predicted molar refractivity (Wildman–Crippen MR) is 89.0 cm³/mol. The van der Waals surface area contributed by atoms with Crippen LogP contribution in [0.3, 0.4) is 0 Å². The van der Waals surface area contributed by atoms with Crippen molar-refractivity contribution in [1.29, 1.82) is 10.5 Å². The molecule has 1 N–H and O–H groups in total. The molecular formula is C18H17N3OS. The molecule has 0 aromatic heterocycles. The zero-order valence-electron chi connectivity index (χ0n) is 12.7. The molecule has 1 saturated carbocycles. The largest absolute Gasteiger partial charge is 0.318 e. The molecule has 1 amide bonds. The molecule has 2 aliphatic rings. The van der Waals surface area contributed by atoms with E-state index in [0.717, 1.165) is 12.8 Å². The molecule has 1 spiro atoms. The van der Waals surface area contributed by atoms with Gasteiger partial charge >= 0.3 is 0 Å². The number of hydrogen-bond donors (Lipinski definition) is 1. The minimum absolute atomic E-state index is 0.280. The van der Waals surface area contributed by atoms with Crippen molar-refractivity contribution in [2.24, 2.45) is 17.3 Å². The molecule has 0 radical (unpaired) electrons. The van der Waals surface area contributed by atoms with Gasteiger partial charge in [-0.25, -0.2) is 0 Å². The molecule has 0 bridgehead atoms. The van der Waals surface area contributed by atoms with Crippen LogP contribution in [0, 0.1) is 39.9 Å². The van der Waals surface area contributed by atoms with E-state index in [1.165, 1.54) is 5.56 Å². The van der Waals surface area contributed by atoms with Crippen LogP contribution >= 0.6 is 12.2 Å².